The number of ether oxygens (including phenoxy) is 2. The van der Waals surface area contributed by atoms with Crippen LogP contribution in [0, 0.1) is 0 Å². The van der Waals surface area contributed by atoms with Crippen molar-refractivity contribution >= 4 is 18.2 Å². The minimum Gasteiger partial charge on any atom is -0.481 e. The summed E-state index contributed by atoms with van der Waals surface area (Å²) in [5, 5.41) is 12.1. The van der Waals surface area contributed by atoms with Crippen LogP contribution in [0.3, 0.4) is 0 Å². The highest BCUT2D eigenvalue weighted by atomic mass is 16.6. The van der Waals surface area contributed by atoms with Crippen LogP contribution in [0.25, 0.3) is 0 Å². The number of likely N-dealkylation sites (tertiary alicyclic amines) is 1. The number of alkyl carbamates (subject to hydrolysis) is 1. The Kier molecular flexibility index (Phi) is 6.54. The summed E-state index contributed by atoms with van der Waals surface area (Å²) in [6.07, 6.45) is -0.555. The van der Waals surface area contributed by atoms with E-state index >= 15 is 0 Å². The maximum atomic E-state index is 12.5. The van der Waals surface area contributed by atoms with E-state index < -0.39 is 40.9 Å². The summed E-state index contributed by atoms with van der Waals surface area (Å²) in [6, 6.07) is -0.560. The average molecular weight is 372 g/mol. The lowest BCUT2D eigenvalue weighted by atomic mass is 9.79. The number of nitrogens with one attached hydrogen (secondary N) is 1. The van der Waals surface area contributed by atoms with E-state index in [-0.39, 0.29) is 6.42 Å². The number of amides is 2. The van der Waals surface area contributed by atoms with Gasteiger partial charge < -0.3 is 24.8 Å². The SMILES string of the molecule is CC1N(C(=O)OC(C)(C)C)CCCC1(CC(=O)O)NC(=O)OC(C)(C)C. The number of piperidine rings is 1. The number of carbonyl (C=O) groups is 3. The molecule has 0 bridgehead atoms. The second kappa shape index (κ2) is 7.72. The monoisotopic (exact) mass is 372 g/mol. The summed E-state index contributed by atoms with van der Waals surface area (Å²) in [6.45, 7) is 12.7. The molecule has 2 unspecified atom stereocenters. The first-order valence-electron chi connectivity index (χ1n) is 8.88. The van der Waals surface area contributed by atoms with Crippen molar-refractivity contribution in [2.24, 2.45) is 0 Å². The lowest BCUT2D eigenvalue weighted by Crippen LogP contribution is -2.66. The van der Waals surface area contributed by atoms with Gasteiger partial charge in [0.2, 0.25) is 0 Å². The topological polar surface area (TPSA) is 105 Å². The first kappa shape index (κ1) is 22.1. The van der Waals surface area contributed by atoms with E-state index in [9.17, 15) is 19.5 Å². The van der Waals surface area contributed by atoms with Gasteiger partial charge >= 0.3 is 18.2 Å². The minimum atomic E-state index is -1.12. The second-order valence-corrected chi connectivity index (χ2v) is 8.81. The number of nitrogens with zero attached hydrogens (tertiary/aromatic N) is 1. The Labute approximate surface area is 155 Å². The summed E-state index contributed by atoms with van der Waals surface area (Å²) >= 11 is 0. The van der Waals surface area contributed by atoms with Crippen LogP contribution in [0.1, 0.15) is 67.7 Å². The van der Waals surface area contributed by atoms with Crippen LogP contribution in [0.5, 0.6) is 0 Å². The van der Waals surface area contributed by atoms with Gasteiger partial charge in [0.15, 0.2) is 0 Å². The first-order valence-corrected chi connectivity index (χ1v) is 8.88. The molecule has 1 saturated heterocycles. The van der Waals surface area contributed by atoms with Gasteiger partial charge in [-0.05, 0) is 61.3 Å². The second-order valence-electron chi connectivity index (χ2n) is 8.81. The van der Waals surface area contributed by atoms with E-state index in [0.717, 1.165) is 0 Å². The first-order chi connectivity index (χ1) is 11.7. The number of hydrogen-bond donors (Lipinski definition) is 2. The average Bonchev–Trinajstić information content (AvgIpc) is 2.36. The molecule has 1 fully saturated rings. The van der Waals surface area contributed by atoms with E-state index in [1.165, 1.54) is 4.90 Å². The Morgan fingerprint density at radius 2 is 1.65 bits per heavy atom. The zero-order valence-electron chi connectivity index (χ0n) is 16.8. The van der Waals surface area contributed by atoms with Gasteiger partial charge in [-0.15, -0.1) is 0 Å². The van der Waals surface area contributed by atoms with Gasteiger partial charge in [-0.1, -0.05) is 0 Å². The molecule has 2 atom stereocenters. The van der Waals surface area contributed by atoms with Crippen molar-refractivity contribution in [3.63, 3.8) is 0 Å². The number of hydrogen-bond acceptors (Lipinski definition) is 5. The molecule has 0 aromatic heterocycles. The maximum Gasteiger partial charge on any atom is 0.410 e. The fourth-order valence-corrected chi connectivity index (χ4v) is 3.06. The van der Waals surface area contributed by atoms with Crippen molar-refractivity contribution in [1.82, 2.24) is 10.2 Å². The fourth-order valence-electron chi connectivity index (χ4n) is 3.06. The summed E-state index contributed by atoms with van der Waals surface area (Å²) in [5.41, 5.74) is -2.50. The Bertz CT molecular complexity index is 549. The molecule has 0 aromatic rings. The third-order valence-corrected chi connectivity index (χ3v) is 4.13. The number of rotatable bonds is 3. The maximum absolute atomic E-state index is 12.5. The molecule has 0 saturated carbocycles. The Morgan fingerprint density at radius 3 is 2.12 bits per heavy atom. The molecule has 0 aliphatic carbocycles. The lowest BCUT2D eigenvalue weighted by molar-refractivity contribution is -0.140. The molecule has 26 heavy (non-hydrogen) atoms. The van der Waals surface area contributed by atoms with Crippen LogP contribution in [0.15, 0.2) is 0 Å². The van der Waals surface area contributed by atoms with Crippen molar-refractivity contribution in [3.8, 4) is 0 Å². The molecular formula is C18H32N2O6. The molecule has 0 aromatic carbocycles. The van der Waals surface area contributed by atoms with Crippen molar-refractivity contribution in [3.05, 3.63) is 0 Å². The zero-order chi connectivity index (χ0) is 20.3. The molecule has 0 radical (unpaired) electrons. The van der Waals surface area contributed by atoms with Gasteiger partial charge in [0.25, 0.3) is 0 Å². The molecule has 0 spiro atoms. The van der Waals surface area contributed by atoms with Crippen LogP contribution in [0.4, 0.5) is 9.59 Å². The van der Waals surface area contributed by atoms with Crippen LogP contribution in [0.2, 0.25) is 0 Å². The highest BCUT2D eigenvalue weighted by Gasteiger charge is 2.48. The highest BCUT2D eigenvalue weighted by Crippen LogP contribution is 2.32. The van der Waals surface area contributed by atoms with Crippen molar-refractivity contribution in [2.45, 2.75) is 90.5 Å². The van der Waals surface area contributed by atoms with Crippen LogP contribution in [-0.2, 0) is 14.3 Å². The molecule has 1 aliphatic heterocycles. The number of carboxylic acid groups (broad SMARTS) is 1. The Morgan fingerprint density at radius 1 is 1.12 bits per heavy atom. The van der Waals surface area contributed by atoms with E-state index in [1.807, 2.05) is 0 Å². The number of aliphatic carboxylic acids is 1. The van der Waals surface area contributed by atoms with E-state index in [1.54, 1.807) is 48.5 Å². The predicted molar refractivity (Wildman–Crippen MR) is 96.0 cm³/mol. The summed E-state index contributed by atoms with van der Waals surface area (Å²) in [7, 11) is 0. The number of carbonyl (C=O) groups excluding carboxylic acids is 2. The van der Waals surface area contributed by atoms with Crippen LogP contribution >= 0.6 is 0 Å². The standard InChI is InChI=1S/C18H32N2O6/c1-12-18(11-13(21)22,19-14(23)25-16(2,3)4)9-8-10-20(12)15(24)26-17(5,6)7/h12H,8-11H2,1-7H3,(H,19,23)(H,21,22). The van der Waals surface area contributed by atoms with Crippen LogP contribution < -0.4 is 5.32 Å². The Balaban J connectivity index is 3.06. The smallest absolute Gasteiger partial charge is 0.410 e. The zero-order valence-corrected chi connectivity index (χ0v) is 16.8. The normalized spacial score (nSPS) is 24.0. The van der Waals surface area contributed by atoms with E-state index in [0.29, 0.717) is 19.4 Å². The van der Waals surface area contributed by atoms with Gasteiger partial charge in [-0.2, -0.15) is 0 Å². The van der Waals surface area contributed by atoms with E-state index in [2.05, 4.69) is 5.32 Å². The molecule has 150 valence electrons. The fraction of sp³-hybridized carbons (Fsp3) is 0.833. The highest BCUT2D eigenvalue weighted by molar-refractivity contribution is 5.75. The third-order valence-electron chi connectivity index (χ3n) is 4.13. The van der Waals surface area contributed by atoms with Gasteiger partial charge in [-0.3, -0.25) is 4.79 Å². The molecule has 1 heterocycles. The quantitative estimate of drug-likeness (QED) is 0.788. The molecule has 8 heteroatoms. The van der Waals surface area contributed by atoms with Gasteiger partial charge in [0.05, 0.1) is 18.0 Å². The van der Waals surface area contributed by atoms with Gasteiger partial charge in [0.1, 0.15) is 11.2 Å². The van der Waals surface area contributed by atoms with Crippen LogP contribution in [-0.4, -0.2) is 57.5 Å². The molecule has 2 amide bonds. The summed E-state index contributed by atoms with van der Waals surface area (Å²) < 4.78 is 10.7. The molecule has 1 rings (SSSR count). The molecule has 2 N–H and O–H groups in total. The third kappa shape index (κ3) is 6.38. The lowest BCUT2D eigenvalue weighted by Gasteiger charge is -2.48. The Hall–Kier alpha value is -1.99. The molecule has 8 nitrogen and oxygen atoms in total. The molecule has 1 aliphatic rings. The van der Waals surface area contributed by atoms with Gasteiger partial charge in [0, 0.05) is 6.54 Å². The van der Waals surface area contributed by atoms with Gasteiger partial charge in [-0.25, -0.2) is 9.59 Å². The van der Waals surface area contributed by atoms with Crippen molar-refractivity contribution in [2.75, 3.05) is 6.54 Å². The predicted octanol–water partition coefficient (Wildman–Crippen LogP) is 3.14. The summed E-state index contributed by atoms with van der Waals surface area (Å²) in [5.74, 6) is -1.06. The largest absolute Gasteiger partial charge is 0.481 e. The van der Waals surface area contributed by atoms with Crippen molar-refractivity contribution in [1.29, 1.82) is 0 Å². The molecular weight excluding hydrogens is 340 g/mol. The summed E-state index contributed by atoms with van der Waals surface area (Å²) in [4.78, 5) is 37.8. The minimum absolute atomic E-state index is 0.313. The van der Waals surface area contributed by atoms with E-state index in [4.69, 9.17) is 9.47 Å². The van der Waals surface area contributed by atoms with Crippen molar-refractivity contribution < 1.29 is 29.0 Å². The number of carboxylic acids is 1.